The zero-order chi connectivity index (χ0) is 41.7. The van der Waals surface area contributed by atoms with Crippen LogP contribution in [0, 0.1) is 6.92 Å². The van der Waals surface area contributed by atoms with Gasteiger partial charge < -0.3 is 9.80 Å². The molecule has 2 aliphatic rings. The Labute approximate surface area is 350 Å². The van der Waals surface area contributed by atoms with Gasteiger partial charge in [-0.3, -0.25) is 0 Å². The van der Waals surface area contributed by atoms with Crippen LogP contribution < -0.4 is 26.2 Å². The maximum Gasteiger partial charge on any atom is 0.252 e. The van der Waals surface area contributed by atoms with Gasteiger partial charge in [0.15, 0.2) is 0 Å². The first kappa shape index (κ1) is 39.8. The molecule has 2 nitrogen and oxygen atoms in total. The Morgan fingerprint density at radius 3 is 1.43 bits per heavy atom. The standard InChI is InChI=1S/C55H63BN2/c1-36-30-48-50-49(31-36)58(55(14,37-20-16-15-17-21-37)42-24-18-22-38(32-42)51(2,3)4)47-35-41(54(11,12)13)27-29-45(47)56(50)44-28-26-40(53(8,9)10)34-46(44)57(48)43-25-19-23-39(33-43)52(5,6)7/h15-35H,1-14H3. The van der Waals surface area contributed by atoms with Gasteiger partial charge in [-0.05, 0) is 127 Å². The molecule has 8 rings (SSSR count). The molecule has 0 saturated carbocycles. The van der Waals surface area contributed by atoms with E-state index in [2.05, 4.69) is 234 Å². The largest absolute Gasteiger partial charge is 0.328 e. The fourth-order valence-electron chi connectivity index (χ4n) is 9.41. The highest BCUT2D eigenvalue weighted by atomic mass is 15.2. The van der Waals surface area contributed by atoms with Gasteiger partial charge in [0.1, 0.15) is 0 Å². The Hall–Kier alpha value is -5.02. The average Bonchev–Trinajstić information content (AvgIpc) is 3.16. The quantitative estimate of drug-likeness (QED) is 0.165. The van der Waals surface area contributed by atoms with E-state index in [1.165, 1.54) is 83.8 Å². The second-order valence-electron chi connectivity index (χ2n) is 21.4. The van der Waals surface area contributed by atoms with Crippen LogP contribution in [0.5, 0.6) is 0 Å². The summed E-state index contributed by atoms with van der Waals surface area (Å²) in [5.41, 5.74) is 18.9. The first-order valence-electron chi connectivity index (χ1n) is 21.4. The van der Waals surface area contributed by atoms with E-state index in [1.54, 1.807) is 0 Å². The Balaban J connectivity index is 1.53. The van der Waals surface area contributed by atoms with Crippen LogP contribution in [0.2, 0.25) is 0 Å². The zero-order valence-corrected chi connectivity index (χ0v) is 37.6. The second-order valence-corrected chi connectivity index (χ2v) is 21.4. The van der Waals surface area contributed by atoms with E-state index in [9.17, 15) is 0 Å². The second kappa shape index (κ2) is 13.5. The van der Waals surface area contributed by atoms with Gasteiger partial charge in [0.05, 0.1) is 5.54 Å². The van der Waals surface area contributed by atoms with Gasteiger partial charge >= 0.3 is 0 Å². The molecule has 0 radical (unpaired) electrons. The van der Waals surface area contributed by atoms with Crippen molar-refractivity contribution in [1.82, 2.24) is 0 Å². The molecule has 6 aromatic rings. The third-order valence-electron chi connectivity index (χ3n) is 13.0. The normalized spacial score (nSPS) is 15.1. The highest BCUT2D eigenvalue weighted by Crippen LogP contribution is 2.50. The van der Waals surface area contributed by atoms with Gasteiger partial charge in [0.25, 0.3) is 6.71 Å². The summed E-state index contributed by atoms with van der Waals surface area (Å²) in [6, 6.07) is 49.6. The number of hydrogen-bond donors (Lipinski definition) is 0. The van der Waals surface area contributed by atoms with E-state index < -0.39 is 5.54 Å². The predicted molar refractivity (Wildman–Crippen MR) is 253 cm³/mol. The maximum atomic E-state index is 2.73. The molecule has 58 heavy (non-hydrogen) atoms. The molecule has 2 aliphatic heterocycles. The lowest BCUT2D eigenvalue weighted by atomic mass is 9.33. The maximum absolute atomic E-state index is 2.73. The Morgan fingerprint density at radius 1 is 0.379 bits per heavy atom. The average molecular weight is 763 g/mol. The first-order chi connectivity index (χ1) is 27.1. The Bertz CT molecular complexity index is 2540. The summed E-state index contributed by atoms with van der Waals surface area (Å²) < 4.78 is 0. The van der Waals surface area contributed by atoms with Crippen LogP contribution in [0.4, 0.5) is 28.4 Å². The van der Waals surface area contributed by atoms with Crippen molar-refractivity contribution >= 4 is 51.5 Å². The number of aryl methyl sites for hydroxylation is 1. The molecular formula is C55H63BN2. The van der Waals surface area contributed by atoms with E-state index in [4.69, 9.17) is 0 Å². The molecule has 3 heteroatoms. The van der Waals surface area contributed by atoms with Crippen LogP contribution in [0.15, 0.2) is 127 Å². The molecule has 0 aromatic heterocycles. The van der Waals surface area contributed by atoms with Gasteiger partial charge in [0, 0.05) is 28.4 Å². The minimum atomic E-state index is -0.562. The predicted octanol–water partition coefficient (Wildman–Crippen LogP) is 12.9. The lowest BCUT2D eigenvalue weighted by Crippen LogP contribution is -2.64. The highest BCUT2D eigenvalue weighted by Gasteiger charge is 2.49. The van der Waals surface area contributed by atoms with Crippen molar-refractivity contribution in [2.75, 3.05) is 9.80 Å². The van der Waals surface area contributed by atoms with E-state index in [-0.39, 0.29) is 28.4 Å². The number of rotatable bonds is 4. The molecule has 0 N–H and O–H groups in total. The van der Waals surface area contributed by atoms with Crippen molar-refractivity contribution in [2.45, 2.75) is 124 Å². The van der Waals surface area contributed by atoms with Crippen LogP contribution in [0.3, 0.4) is 0 Å². The molecule has 2 heterocycles. The fourth-order valence-corrected chi connectivity index (χ4v) is 9.41. The molecule has 1 atom stereocenters. The summed E-state index contributed by atoms with van der Waals surface area (Å²) in [6.07, 6.45) is 0. The van der Waals surface area contributed by atoms with Crippen LogP contribution in [-0.4, -0.2) is 6.71 Å². The minimum absolute atomic E-state index is 0.00186. The molecule has 0 amide bonds. The van der Waals surface area contributed by atoms with Crippen molar-refractivity contribution in [3.63, 3.8) is 0 Å². The van der Waals surface area contributed by atoms with E-state index in [1.807, 2.05) is 0 Å². The van der Waals surface area contributed by atoms with Gasteiger partial charge in [-0.25, -0.2) is 0 Å². The van der Waals surface area contributed by atoms with Crippen molar-refractivity contribution in [3.05, 3.63) is 166 Å². The molecule has 6 aromatic carbocycles. The van der Waals surface area contributed by atoms with Gasteiger partial charge in [-0.15, -0.1) is 0 Å². The fraction of sp³-hybridized carbons (Fsp3) is 0.345. The van der Waals surface area contributed by atoms with Crippen LogP contribution in [0.1, 0.15) is 129 Å². The monoisotopic (exact) mass is 763 g/mol. The molecule has 0 saturated heterocycles. The van der Waals surface area contributed by atoms with E-state index in [0.717, 1.165) is 0 Å². The van der Waals surface area contributed by atoms with Crippen LogP contribution in [0.25, 0.3) is 0 Å². The van der Waals surface area contributed by atoms with Crippen molar-refractivity contribution < 1.29 is 0 Å². The van der Waals surface area contributed by atoms with Gasteiger partial charge in [-0.1, -0.05) is 174 Å². The molecule has 0 spiro atoms. The zero-order valence-electron chi connectivity index (χ0n) is 37.6. The number of hydrogen-bond acceptors (Lipinski definition) is 2. The number of anilines is 5. The number of benzene rings is 6. The summed E-state index contributed by atoms with van der Waals surface area (Å²) in [5, 5.41) is 0. The van der Waals surface area contributed by atoms with E-state index >= 15 is 0 Å². The molecule has 0 aliphatic carbocycles. The van der Waals surface area contributed by atoms with Gasteiger partial charge in [-0.2, -0.15) is 0 Å². The SMILES string of the molecule is Cc1cc2c3c(c1)N(C(C)(c1ccccc1)c1cccc(C(C)(C)C)c1)c1cc(C(C)(C)C)ccc1B3c1ccc(C(C)(C)C)cc1N2c1cccc(C(C)(C)C)c1. The molecule has 1 unspecified atom stereocenters. The lowest BCUT2D eigenvalue weighted by Gasteiger charge is -2.51. The third kappa shape index (κ3) is 6.59. The van der Waals surface area contributed by atoms with Gasteiger partial charge in [0.2, 0.25) is 0 Å². The number of fused-ring (bicyclic) bond motifs is 4. The topological polar surface area (TPSA) is 6.48 Å². The van der Waals surface area contributed by atoms with Crippen molar-refractivity contribution in [1.29, 1.82) is 0 Å². The summed E-state index contributed by atoms with van der Waals surface area (Å²) >= 11 is 0. The Kier molecular flexibility index (Phi) is 9.27. The molecule has 296 valence electrons. The van der Waals surface area contributed by atoms with E-state index in [0.29, 0.717) is 0 Å². The van der Waals surface area contributed by atoms with Crippen molar-refractivity contribution in [2.24, 2.45) is 0 Å². The Morgan fingerprint density at radius 2 is 0.845 bits per heavy atom. The summed E-state index contributed by atoms with van der Waals surface area (Å²) in [5.74, 6) is 0. The summed E-state index contributed by atoms with van der Waals surface area (Å²) in [4.78, 5) is 5.32. The first-order valence-corrected chi connectivity index (χ1v) is 21.4. The lowest BCUT2D eigenvalue weighted by molar-refractivity contribution is 0.562. The summed E-state index contributed by atoms with van der Waals surface area (Å²) in [7, 11) is 0. The molecule has 0 bridgehead atoms. The molecule has 0 fully saturated rings. The smallest absolute Gasteiger partial charge is 0.252 e. The molecular weight excluding hydrogens is 699 g/mol. The van der Waals surface area contributed by atoms with Crippen LogP contribution >= 0.6 is 0 Å². The number of nitrogens with zero attached hydrogens (tertiary/aromatic N) is 2. The van der Waals surface area contributed by atoms with Crippen LogP contribution in [-0.2, 0) is 27.2 Å². The van der Waals surface area contributed by atoms with Crippen molar-refractivity contribution in [3.8, 4) is 0 Å². The highest BCUT2D eigenvalue weighted by molar-refractivity contribution is 7.00. The summed E-state index contributed by atoms with van der Waals surface area (Å²) in [6.45, 7) is 32.8. The minimum Gasteiger partial charge on any atom is -0.328 e. The third-order valence-corrected chi connectivity index (χ3v) is 13.0.